The van der Waals surface area contributed by atoms with Gasteiger partial charge in [-0.3, -0.25) is 10.00 Å². The largest absolute Gasteiger partial charge is 0.339 e. The highest BCUT2D eigenvalue weighted by molar-refractivity contribution is 5.97. The second-order valence-electron chi connectivity index (χ2n) is 10.2. The molecular formula is C24H31N9. The lowest BCUT2D eigenvalue weighted by molar-refractivity contribution is -0.0121. The number of hydrogen-bond acceptors (Lipinski definition) is 7. The molecule has 33 heavy (non-hydrogen) atoms. The first-order valence-corrected chi connectivity index (χ1v) is 11.3. The van der Waals surface area contributed by atoms with Crippen LogP contribution in [-0.2, 0) is 0 Å². The number of rotatable bonds is 4. The summed E-state index contributed by atoms with van der Waals surface area (Å²) in [5.74, 6) is 0.650. The Morgan fingerprint density at radius 3 is 2.45 bits per heavy atom. The summed E-state index contributed by atoms with van der Waals surface area (Å²) in [5.41, 5.74) is 3.67. The number of aromatic amines is 1. The van der Waals surface area contributed by atoms with Gasteiger partial charge in [-0.1, -0.05) is 0 Å². The molecule has 5 rings (SSSR count). The SMILES string of the molecule is CN(c1ncc(-c2ccc(-n3cccn3)c3[nH]ncc23)nn1)C1CC(C)(C)N(C)C(C)(C)C1. The fraction of sp³-hybridized carbons (Fsp3) is 0.458. The third-order valence-electron chi connectivity index (χ3n) is 7.32. The van der Waals surface area contributed by atoms with Crippen LogP contribution in [0.5, 0.6) is 0 Å². The van der Waals surface area contributed by atoms with E-state index in [1.54, 1.807) is 12.4 Å². The number of likely N-dealkylation sites (tertiary alicyclic amines) is 1. The van der Waals surface area contributed by atoms with Crippen LogP contribution in [0.3, 0.4) is 0 Å². The topological polar surface area (TPSA) is 91.7 Å². The molecule has 0 saturated carbocycles. The lowest BCUT2D eigenvalue weighted by Crippen LogP contribution is -2.62. The van der Waals surface area contributed by atoms with E-state index < -0.39 is 0 Å². The minimum Gasteiger partial charge on any atom is -0.339 e. The Labute approximate surface area is 193 Å². The molecular weight excluding hydrogens is 414 g/mol. The van der Waals surface area contributed by atoms with Crippen LogP contribution in [0, 0.1) is 0 Å². The predicted octanol–water partition coefficient (Wildman–Crippen LogP) is 3.69. The van der Waals surface area contributed by atoms with E-state index in [1.165, 1.54) is 0 Å². The van der Waals surface area contributed by atoms with Crippen molar-refractivity contribution < 1.29 is 0 Å². The number of hydrogen-bond donors (Lipinski definition) is 1. The summed E-state index contributed by atoms with van der Waals surface area (Å²) < 4.78 is 1.82. The van der Waals surface area contributed by atoms with Crippen molar-refractivity contribution in [1.82, 2.24) is 40.1 Å². The van der Waals surface area contributed by atoms with Gasteiger partial charge in [-0.2, -0.15) is 10.2 Å². The monoisotopic (exact) mass is 445 g/mol. The first-order valence-electron chi connectivity index (χ1n) is 11.3. The van der Waals surface area contributed by atoms with Gasteiger partial charge < -0.3 is 4.90 Å². The zero-order valence-electron chi connectivity index (χ0n) is 20.1. The van der Waals surface area contributed by atoms with Gasteiger partial charge in [-0.15, -0.1) is 10.2 Å². The summed E-state index contributed by atoms with van der Waals surface area (Å²) in [7, 11) is 4.29. The van der Waals surface area contributed by atoms with E-state index in [2.05, 4.69) is 77.1 Å². The molecule has 1 aliphatic rings. The van der Waals surface area contributed by atoms with Crippen molar-refractivity contribution in [3.05, 3.63) is 43.0 Å². The first kappa shape index (κ1) is 21.5. The highest BCUT2D eigenvalue weighted by Gasteiger charge is 2.44. The molecule has 4 aromatic rings. The maximum atomic E-state index is 4.70. The third kappa shape index (κ3) is 3.66. The van der Waals surface area contributed by atoms with Gasteiger partial charge in [0.1, 0.15) is 5.69 Å². The second kappa shape index (κ2) is 7.62. The van der Waals surface area contributed by atoms with Crippen LogP contribution in [-0.4, -0.2) is 71.3 Å². The van der Waals surface area contributed by atoms with Crippen molar-refractivity contribution in [2.75, 3.05) is 19.0 Å². The highest BCUT2D eigenvalue weighted by Crippen LogP contribution is 2.39. The van der Waals surface area contributed by atoms with Gasteiger partial charge in [-0.25, -0.2) is 9.67 Å². The maximum absolute atomic E-state index is 4.70. The zero-order valence-corrected chi connectivity index (χ0v) is 20.1. The smallest absolute Gasteiger partial charge is 0.245 e. The zero-order chi connectivity index (χ0) is 23.4. The number of benzene rings is 1. The molecule has 1 N–H and O–H groups in total. The molecule has 3 aromatic heterocycles. The Hall–Kier alpha value is -3.33. The molecule has 1 fully saturated rings. The molecule has 0 aliphatic carbocycles. The van der Waals surface area contributed by atoms with Crippen LogP contribution < -0.4 is 4.90 Å². The molecule has 1 aromatic carbocycles. The lowest BCUT2D eigenvalue weighted by atomic mass is 9.77. The average Bonchev–Trinajstić information content (AvgIpc) is 3.48. The number of fused-ring (bicyclic) bond motifs is 1. The molecule has 0 unspecified atom stereocenters. The fourth-order valence-electron chi connectivity index (χ4n) is 5.16. The van der Waals surface area contributed by atoms with E-state index in [0.29, 0.717) is 12.0 Å². The first-order chi connectivity index (χ1) is 15.7. The number of nitrogens with one attached hydrogen (secondary N) is 1. The van der Waals surface area contributed by atoms with Crippen LogP contribution in [0.2, 0.25) is 0 Å². The summed E-state index contributed by atoms with van der Waals surface area (Å²) >= 11 is 0. The molecule has 1 aliphatic heterocycles. The minimum absolute atomic E-state index is 0.0945. The molecule has 9 nitrogen and oxygen atoms in total. The Morgan fingerprint density at radius 1 is 1.06 bits per heavy atom. The average molecular weight is 446 g/mol. The molecule has 9 heteroatoms. The van der Waals surface area contributed by atoms with Gasteiger partial charge in [0, 0.05) is 47.5 Å². The van der Waals surface area contributed by atoms with E-state index in [0.717, 1.165) is 40.7 Å². The molecule has 0 atom stereocenters. The molecule has 0 spiro atoms. The Bertz CT molecular complexity index is 1240. The second-order valence-corrected chi connectivity index (χ2v) is 10.2. The van der Waals surface area contributed by atoms with Gasteiger partial charge in [0.2, 0.25) is 5.95 Å². The Balaban J connectivity index is 1.43. The summed E-state index contributed by atoms with van der Waals surface area (Å²) in [6, 6.07) is 6.26. The van der Waals surface area contributed by atoms with Gasteiger partial charge >= 0.3 is 0 Å². The van der Waals surface area contributed by atoms with Gasteiger partial charge in [0.05, 0.1) is 23.6 Å². The quantitative estimate of drug-likeness (QED) is 0.512. The standard InChI is InChI=1S/C24H31N9/c1-23(2)12-16(13-24(3,4)32(23)6)31(5)22-25-15-19(28-30-22)17-8-9-20(33-11-7-10-27-33)21-18(17)14-26-29-21/h7-11,14-16H,12-13H2,1-6H3,(H,26,29). The van der Waals surface area contributed by atoms with Crippen LogP contribution in [0.1, 0.15) is 40.5 Å². The molecule has 0 bridgehead atoms. The number of aromatic nitrogens is 7. The minimum atomic E-state index is 0.0945. The Kier molecular flexibility index (Phi) is 4.97. The number of anilines is 1. The van der Waals surface area contributed by atoms with Crippen LogP contribution in [0.25, 0.3) is 27.8 Å². The molecule has 4 heterocycles. The molecule has 1 saturated heterocycles. The van der Waals surface area contributed by atoms with Gasteiger partial charge in [0.15, 0.2) is 0 Å². The fourth-order valence-corrected chi connectivity index (χ4v) is 5.16. The van der Waals surface area contributed by atoms with Gasteiger partial charge in [-0.05, 0) is 65.8 Å². The Morgan fingerprint density at radius 2 is 1.82 bits per heavy atom. The molecule has 0 radical (unpaired) electrons. The predicted molar refractivity (Wildman–Crippen MR) is 129 cm³/mol. The summed E-state index contributed by atoms with van der Waals surface area (Å²) in [4.78, 5) is 9.36. The van der Waals surface area contributed by atoms with Crippen LogP contribution >= 0.6 is 0 Å². The van der Waals surface area contributed by atoms with Crippen molar-refractivity contribution in [1.29, 1.82) is 0 Å². The van der Waals surface area contributed by atoms with E-state index >= 15 is 0 Å². The van der Waals surface area contributed by atoms with E-state index in [-0.39, 0.29) is 11.1 Å². The maximum Gasteiger partial charge on any atom is 0.245 e. The van der Waals surface area contributed by atoms with Crippen LogP contribution in [0.15, 0.2) is 43.0 Å². The van der Waals surface area contributed by atoms with Crippen molar-refractivity contribution in [3.8, 4) is 16.9 Å². The third-order valence-corrected chi connectivity index (χ3v) is 7.32. The highest BCUT2D eigenvalue weighted by atomic mass is 15.3. The van der Waals surface area contributed by atoms with E-state index in [4.69, 9.17) is 4.98 Å². The summed E-state index contributed by atoms with van der Waals surface area (Å²) in [5, 5.41) is 21.7. The number of H-pyrrole nitrogens is 1. The number of piperidine rings is 1. The van der Waals surface area contributed by atoms with Crippen LogP contribution in [0.4, 0.5) is 5.95 Å². The van der Waals surface area contributed by atoms with Crippen molar-refractivity contribution in [3.63, 3.8) is 0 Å². The van der Waals surface area contributed by atoms with Crippen molar-refractivity contribution >= 4 is 16.9 Å². The van der Waals surface area contributed by atoms with E-state index in [1.807, 2.05) is 35.3 Å². The van der Waals surface area contributed by atoms with Gasteiger partial charge in [0.25, 0.3) is 0 Å². The summed E-state index contributed by atoms with van der Waals surface area (Å²) in [6.45, 7) is 9.22. The molecule has 0 amide bonds. The van der Waals surface area contributed by atoms with Crippen molar-refractivity contribution in [2.45, 2.75) is 57.7 Å². The summed E-state index contributed by atoms with van der Waals surface area (Å²) in [6.07, 6.45) is 9.36. The normalized spacial score (nSPS) is 18.6. The van der Waals surface area contributed by atoms with Crippen molar-refractivity contribution in [2.24, 2.45) is 0 Å². The number of nitrogens with zero attached hydrogens (tertiary/aromatic N) is 8. The van der Waals surface area contributed by atoms with E-state index in [9.17, 15) is 0 Å². The molecule has 172 valence electrons. The lowest BCUT2D eigenvalue weighted by Gasteiger charge is -2.55.